The Morgan fingerprint density at radius 1 is 0.133 bits per heavy atom. The molecule has 0 bridgehead atoms. The van der Waals surface area contributed by atoms with E-state index in [0.717, 1.165) is 0 Å². The van der Waals surface area contributed by atoms with Gasteiger partial charge in [0.2, 0.25) is 0 Å². The van der Waals surface area contributed by atoms with Gasteiger partial charge in [0.15, 0.2) is 0 Å². The minimum absolute atomic E-state index is 1.32. The second-order valence-electron chi connectivity index (χ2n) is 23.1. The maximum absolute atomic E-state index is 2.27. The number of fused-ring (bicyclic) bond motifs is 7. The van der Waals surface area contributed by atoms with E-state index in [4.69, 9.17) is 0 Å². The van der Waals surface area contributed by atoms with Crippen molar-refractivity contribution < 1.29 is 0 Å². The number of hydrogen-bond donors (Lipinski definition) is 0. The highest BCUT2D eigenvalue weighted by molar-refractivity contribution is 6.05. The molecule has 0 saturated heterocycles. The minimum Gasteiger partial charge on any atom is -0.0683 e. The van der Waals surface area contributed by atoms with Gasteiger partial charge in [-0.15, -0.1) is 0 Å². The van der Waals surface area contributed by atoms with E-state index in [1.807, 2.05) is 96.9 Å². The van der Waals surface area contributed by atoms with Crippen molar-refractivity contribution in [3.8, 4) is 0 Å². The molecular formula is C98H126. The summed E-state index contributed by atoms with van der Waals surface area (Å²) in [5.41, 5.74) is 18.8. The monoisotopic (exact) mass is 1300 g/mol. The second-order valence-corrected chi connectivity index (χ2v) is 23.1. The summed E-state index contributed by atoms with van der Waals surface area (Å²) in [5, 5.41) is 19.0. The number of rotatable bonds is 0. The molecule has 0 spiro atoms. The molecule has 0 amide bonds. The van der Waals surface area contributed by atoms with Crippen molar-refractivity contribution in [3.63, 3.8) is 0 Å². The average molecular weight is 1300 g/mol. The normalized spacial score (nSPS) is 9.43. The molecule has 0 nitrogen and oxygen atoms in total. The fourth-order valence-electron chi connectivity index (χ4n) is 11.0. The van der Waals surface area contributed by atoms with Crippen LogP contribution in [0.2, 0.25) is 0 Å². The Morgan fingerprint density at radius 2 is 0.327 bits per heavy atom. The van der Waals surface area contributed by atoms with Gasteiger partial charge in [0.1, 0.15) is 0 Å². The lowest BCUT2D eigenvalue weighted by molar-refractivity contribution is 1.39. The minimum atomic E-state index is 1.32. The lowest BCUT2D eigenvalue weighted by Crippen LogP contribution is -1.87. The smallest absolute Gasteiger partial charge is 0.0146 e. The van der Waals surface area contributed by atoms with E-state index in [0.29, 0.717) is 0 Å². The average Bonchev–Trinajstić information content (AvgIpc) is 0.770. The van der Waals surface area contributed by atoms with Gasteiger partial charge >= 0.3 is 0 Å². The highest BCUT2D eigenvalue weighted by Gasteiger charge is 2.07. The largest absolute Gasteiger partial charge is 0.0683 e. The molecule has 14 aromatic rings. The van der Waals surface area contributed by atoms with Gasteiger partial charge in [0.05, 0.1) is 0 Å². The zero-order valence-electron chi connectivity index (χ0n) is 66.2. The van der Waals surface area contributed by atoms with Crippen LogP contribution in [0.3, 0.4) is 0 Å². The van der Waals surface area contributed by atoms with Crippen molar-refractivity contribution in [1.29, 1.82) is 0 Å². The third kappa shape index (κ3) is 27.4. The van der Waals surface area contributed by atoms with Gasteiger partial charge in [-0.05, 0) is 218 Å². The van der Waals surface area contributed by atoms with E-state index in [9.17, 15) is 0 Å². The lowest BCUT2D eigenvalue weighted by Gasteiger charge is -2.11. The van der Waals surface area contributed by atoms with E-state index in [1.165, 1.54) is 153 Å². The zero-order valence-corrected chi connectivity index (χ0v) is 66.2. The van der Waals surface area contributed by atoms with E-state index in [-0.39, 0.29) is 0 Å². The second kappa shape index (κ2) is 48.6. The third-order valence-corrected chi connectivity index (χ3v) is 15.8. The summed E-state index contributed by atoms with van der Waals surface area (Å²) in [7, 11) is 0. The molecule has 0 heterocycles. The molecular weight excluding hydrogens is 1180 g/mol. The molecule has 0 unspecified atom stereocenters. The molecule has 0 aromatic heterocycles. The first-order valence-electron chi connectivity index (χ1n) is 36.6. The fourth-order valence-corrected chi connectivity index (χ4v) is 11.0. The van der Waals surface area contributed by atoms with Crippen LogP contribution in [0.4, 0.5) is 0 Å². The molecule has 518 valence electrons. The van der Waals surface area contributed by atoms with Crippen LogP contribution in [0.1, 0.15) is 175 Å². The summed E-state index contributed by atoms with van der Waals surface area (Å²) in [6.45, 7) is 58.0. The van der Waals surface area contributed by atoms with Gasteiger partial charge in [-0.25, -0.2) is 0 Å². The molecule has 14 aromatic carbocycles. The topological polar surface area (TPSA) is 0 Å². The first kappa shape index (κ1) is 86.9. The Bertz CT molecular complexity index is 4140. The van der Waals surface area contributed by atoms with E-state index in [1.54, 1.807) is 0 Å². The standard InChI is InChI=1S/2C16H14.3C12H12.2C8H10.7C2H6/c1-11-3-5-13-10-16-8-12(2)4-6-14(16)9-15(13)7-11;1-11-13-7-3-5-9-15(13)12(2)16-10-6-4-8-14(11)16;1-9-3-5-12-8-10(2)4-6-11(12)7-9;1-9-5-3-8-12-10(2)6-4-7-11(9)12;1-9-7-8-10(2)12-6-4-3-5-11(9)12;1-7-3-5-8(2)6-4-7;1-7-4-3-5-8(2)6-7;7*1-2/h2*3-10H,1-2H3;3*3-8H,1-2H3;2*3-6H,1-2H3;7*1-2H3. The summed E-state index contributed by atoms with van der Waals surface area (Å²) in [5.74, 6) is 0. The Morgan fingerprint density at radius 3 is 0.582 bits per heavy atom. The van der Waals surface area contributed by atoms with Gasteiger partial charge in [-0.1, -0.05) is 384 Å². The summed E-state index contributed by atoms with van der Waals surface area (Å²) in [4.78, 5) is 0. The highest BCUT2D eigenvalue weighted by Crippen LogP contribution is 2.32. The van der Waals surface area contributed by atoms with Crippen molar-refractivity contribution in [2.75, 3.05) is 0 Å². The van der Waals surface area contributed by atoms with Gasteiger partial charge in [-0.3, -0.25) is 0 Å². The van der Waals surface area contributed by atoms with Crippen molar-refractivity contribution in [2.24, 2.45) is 0 Å². The molecule has 0 fully saturated rings. The first-order valence-corrected chi connectivity index (χ1v) is 36.6. The van der Waals surface area contributed by atoms with Crippen LogP contribution in [-0.4, -0.2) is 0 Å². The van der Waals surface area contributed by atoms with Gasteiger partial charge < -0.3 is 0 Å². The van der Waals surface area contributed by atoms with E-state index >= 15 is 0 Å². The van der Waals surface area contributed by atoms with Crippen LogP contribution in [0.5, 0.6) is 0 Å². The van der Waals surface area contributed by atoms with Gasteiger partial charge in [0, 0.05) is 0 Å². The van der Waals surface area contributed by atoms with Crippen molar-refractivity contribution in [3.05, 3.63) is 333 Å². The molecule has 0 aliphatic heterocycles. The fraction of sp³-hybridized carbons (Fsp3) is 0.286. The Labute approximate surface area is 598 Å². The van der Waals surface area contributed by atoms with Crippen LogP contribution < -0.4 is 0 Å². The third-order valence-electron chi connectivity index (χ3n) is 15.8. The number of benzene rings is 14. The lowest BCUT2D eigenvalue weighted by atomic mass is 9.93. The molecule has 0 saturated carbocycles. The predicted molar refractivity (Wildman–Crippen MR) is 453 cm³/mol. The highest BCUT2D eigenvalue weighted by atomic mass is 14.1. The van der Waals surface area contributed by atoms with E-state index < -0.39 is 0 Å². The number of aryl methyl sites for hydroxylation is 14. The van der Waals surface area contributed by atoms with Crippen LogP contribution in [0, 0.1) is 96.9 Å². The summed E-state index contributed by atoms with van der Waals surface area (Å²) < 4.78 is 0. The maximum Gasteiger partial charge on any atom is -0.0146 e. The van der Waals surface area contributed by atoms with Crippen LogP contribution in [0.25, 0.3) is 75.4 Å². The van der Waals surface area contributed by atoms with Gasteiger partial charge in [0.25, 0.3) is 0 Å². The maximum atomic E-state index is 2.27. The molecule has 98 heavy (non-hydrogen) atoms. The summed E-state index contributed by atoms with van der Waals surface area (Å²) >= 11 is 0. The van der Waals surface area contributed by atoms with E-state index in [2.05, 4.69) is 352 Å². The van der Waals surface area contributed by atoms with Crippen LogP contribution in [-0.2, 0) is 0 Å². The molecule has 0 aliphatic rings. The summed E-state index contributed by atoms with van der Waals surface area (Å²) in [6, 6.07) is 90.9. The van der Waals surface area contributed by atoms with Crippen molar-refractivity contribution >= 4 is 75.4 Å². The van der Waals surface area contributed by atoms with Gasteiger partial charge in [-0.2, -0.15) is 0 Å². The Hall–Kier alpha value is -9.10. The Kier molecular flexibility index (Phi) is 43.1. The van der Waals surface area contributed by atoms with Crippen molar-refractivity contribution in [1.82, 2.24) is 0 Å². The molecule has 0 N–H and O–H groups in total. The molecule has 0 heteroatoms. The van der Waals surface area contributed by atoms with Crippen LogP contribution >= 0.6 is 0 Å². The van der Waals surface area contributed by atoms with Crippen molar-refractivity contribution in [2.45, 2.75) is 194 Å². The zero-order chi connectivity index (χ0) is 73.9. The predicted octanol–water partition coefficient (Wildman–Crippen LogP) is 31.4. The SMILES string of the molecule is CC.CC.CC.CC.CC.CC.CC.Cc1c2ccccc2c(C)c2ccccc12.Cc1ccc(C)c2ccccc12.Cc1ccc(C)cc1.Cc1ccc2cc(C)ccc2c1.Cc1ccc2cc3cc(C)ccc3cc2c1.Cc1cccc(C)c1.Cc1cccc2c(C)cccc12. The summed E-state index contributed by atoms with van der Waals surface area (Å²) in [6.07, 6.45) is 0. The molecule has 14 rings (SSSR count). The molecule has 0 radical (unpaired) electrons. The van der Waals surface area contributed by atoms with Crippen LogP contribution in [0.15, 0.2) is 255 Å². The molecule has 0 atom stereocenters. The number of hydrogen-bond acceptors (Lipinski definition) is 0. The molecule has 0 aliphatic carbocycles. The quantitative estimate of drug-likeness (QED) is 0.133. The Balaban J connectivity index is 0.000000560. The first-order chi connectivity index (χ1) is 47.4.